The second-order valence-corrected chi connectivity index (χ2v) is 11.4. The Balaban J connectivity index is 1.19. The number of hydrogen-bond acceptors (Lipinski definition) is 7. The second kappa shape index (κ2) is 11.5. The van der Waals surface area contributed by atoms with Crippen molar-refractivity contribution in [1.82, 2.24) is 14.9 Å². The Hall–Kier alpha value is -3.56. The summed E-state index contributed by atoms with van der Waals surface area (Å²) in [5.74, 6) is 0.595. The van der Waals surface area contributed by atoms with E-state index in [0.717, 1.165) is 26.1 Å². The highest BCUT2D eigenvalue weighted by Gasteiger charge is 2.42. The third-order valence-corrected chi connectivity index (χ3v) is 8.26. The molecule has 0 bridgehead atoms. The Morgan fingerprint density at radius 1 is 1.20 bits per heavy atom. The van der Waals surface area contributed by atoms with Gasteiger partial charge in [-0.25, -0.2) is 14.4 Å². The highest BCUT2D eigenvalue weighted by Crippen LogP contribution is 2.43. The number of halogens is 1. The van der Waals surface area contributed by atoms with Crippen LogP contribution < -0.4 is 15.4 Å². The van der Waals surface area contributed by atoms with E-state index in [0.29, 0.717) is 58.0 Å². The van der Waals surface area contributed by atoms with Crippen LogP contribution in [-0.2, 0) is 9.53 Å². The number of nitrogens with zero attached hydrogens (tertiary/aromatic N) is 3. The van der Waals surface area contributed by atoms with E-state index < -0.39 is 0 Å². The lowest BCUT2D eigenvalue weighted by atomic mass is 9.69. The number of likely N-dealkylation sites (tertiary alicyclic amines) is 1. The van der Waals surface area contributed by atoms with Crippen LogP contribution in [0.1, 0.15) is 44.1 Å². The summed E-state index contributed by atoms with van der Waals surface area (Å²) in [6.07, 6.45) is 12.4. The van der Waals surface area contributed by atoms with Crippen LogP contribution in [-0.4, -0.2) is 59.7 Å². The van der Waals surface area contributed by atoms with E-state index in [1.165, 1.54) is 44.5 Å². The van der Waals surface area contributed by atoms with Gasteiger partial charge in [0, 0.05) is 49.3 Å². The minimum absolute atomic E-state index is 0.0937. The lowest BCUT2D eigenvalue weighted by Gasteiger charge is -2.52. The lowest BCUT2D eigenvalue weighted by molar-refractivity contribution is -0.112. The average Bonchev–Trinajstić information content (AvgIpc) is 3.44. The van der Waals surface area contributed by atoms with Gasteiger partial charge in [0.25, 0.3) is 0 Å². The molecular weight excluding hydrogens is 509 g/mol. The fraction of sp³-hybridized carbons (Fsp3) is 0.452. The number of aromatic nitrogens is 2. The van der Waals surface area contributed by atoms with Crippen molar-refractivity contribution in [3.63, 3.8) is 0 Å². The highest BCUT2D eigenvalue weighted by atomic mass is 19.1. The van der Waals surface area contributed by atoms with E-state index in [9.17, 15) is 9.18 Å². The van der Waals surface area contributed by atoms with E-state index in [-0.39, 0.29) is 17.8 Å². The van der Waals surface area contributed by atoms with Crippen LogP contribution in [0.4, 0.5) is 21.6 Å². The summed E-state index contributed by atoms with van der Waals surface area (Å²) in [7, 11) is 0. The maximum absolute atomic E-state index is 13.8. The average molecular weight is 546 g/mol. The molecule has 3 aromatic rings. The molecule has 9 heteroatoms. The number of amides is 1. The first-order valence-electron chi connectivity index (χ1n) is 14.2. The number of ether oxygens (including phenoxy) is 2. The van der Waals surface area contributed by atoms with Gasteiger partial charge in [-0.3, -0.25) is 9.69 Å². The Morgan fingerprint density at radius 2 is 2.05 bits per heavy atom. The maximum atomic E-state index is 13.8. The van der Waals surface area contributed by atoms with Gasteiger partial charge in [0.05, 0.1) is 24.4 Å². The molecule has 1 aliphatic carbocycles. The fourth-order valence-corrected chi connectivity index (χ4v) is 6.16. The number of rotatable bonds is 8. The molecule has 3 aliphatic rings. The second-order valence-electron chi connectivity index (χ2n) is 11.4. The van der Waals surface area contributed by atoms with Crippen molar-refractivity contribution in [2.24, 2.45) is 5.41 Å². The van der Waals surface area contributed by atoms with Gasteiger partial charge in [0.1, 0.15) is 29.8 Å². The number of aryl methyl sites for hydroxylation is 1. The van der Waals surface area contributed by atoms with Crippen LogP contribution in [0.3, 0.4) is 0 Å². The highest BCUT2D eigenvalue weighted by molar-refractivity contribution is 6.03. The molecule has 1 amide bonds. The van der Waals surface area contributed by atoms with E-state index >= 15 is 0 Å². The van der Waals surface area contributed by atoms with E-state index in [4.69, 9.17) is 9.47 Å². The molecule has 2 aliphatic heterocycles. The number of carbonyl (C=O) groups is 1. The minimum Gasteiger partial charge on any atom is -0.486 e. The third-order valence-electron chi connectivity index (χ3n) is 8.26. The molecule has 2 N–H and O–H groups in total. The Kier molecular flexibility index (Phi) is 7.67. The quantitative estimate of drug-likeness (QED) is 0.349. The molecule has 3 heterocycles. The summed E-state index contributed by atoms with van der Waals surface area (Å²) in [5, 5.41) is 6.97. The van der Waals surface area contributed by atoms with Gasteiger partial charge >= 0.3 is 0 Å². The first-order chi connectivity index (χ1) is 19.5. The minimum atomic E-state index is -0.267. The third kappa shape index (κ3) is 5.95. The summed E-state index contributed by atoms with van der Waals surface area (Å²) in [6, 6.07) is 8.45. The monoisotopic (exact) mass is 545 g/mol. The van der Waals surface area contributed by atoms with Crippen molar-refractivity contribution in [3.05, 3.63) is 60.2 Å². The molecule has 1 saturated carbocycles. The topological polar surface area (TPSA) is 88.6 Å². The summed E-state index contributed by atoms with van der Waals surface area (Å²) in [5.41, 5.74) is 2.96. The van der Waals surface area contributed by atoms with Crippen LogP contribution in [0.5, 0.6) is 5.75 Å². The maximum Gasteiger partial charge on any atom is 0.248 e. The number of benzene rings is 2. The normalized spacial score (nSPS) is 20.6. The first-order valence-corrected chi connectivity index (χ1v) is 14.2. The van der Waals surface area contributed by atoms with Crippen LogP contribution in [0, 0.1) is 18.2 Å². The summed E-state index contributed by atoms with van der Waals surface area (Å²) in [4.78, 5) is 24.3. The predicted octanol–water partition coefficient (Wildman–Crippen LogP) is 5.75. The van der Waals surface area contributed by atoms with E-state index in [2.05, 4.69) is 25.5 Å². The lowest BCUT2D eigenvalue weighted by Crippen LogP contribution is -2.56. The molecule has 1 spiro atoms. The number of hydrogen-bond donors (Lipinski definition) is 2. The zero-order valence-electron chi connectivity index (χ0n) is 22.9. The van der Waals surface area contributed by atoms with Gasteiger partial charge in [-0.2, -0.15) is 0 Å². The standard InChI is InChI=1S/C31H36FN5O3/c1-21-14-22(7-8-25(21)32)35-30-24-15-27(28(16-26(24)33-20-34-30)40-23-9-13-39-17-23)36-29(38)6-5-12-37-18-31(19-37)10-3-2-4-11-31/h5-8,14-16,20,23H,2-4,9-13,17-19H2,1H3,(H,36,38)(H,33,34,35)/b6-5+. The molecule has 1 atom stereocenters. The number of carbonyl (C=O) groups excluding carboxylic acids is 1. The van der Waals surface area contributed by atoms with Gasteiger partial charge in [0.15, 0.2) is 0 Å². The molecule has 2 saturated heterocycles. The smallest absolute Gasteiger partial charge is 0.248 e. The number of nitrogens with one attached hydrogen (secondary N) is 2. The summed E-state index contributed by atoms with van der Waals surface area (Å²) in [6.45, 7) is 5.90. The van der Waals surface area contributed by atoms with Crippen molar-refractivity contribution in [3.8, 4) is 5.75 Å². The molecule has 3 fully saturated rings. The molecular formula is C31H36FN5O3. The largest absolute Gasteiger partial charge is 0.486 e. The Bertz CT molecular complexity index is 1410. The number of fused-ring (bicyclic) bond motifs is 1. The molecule has 1 unspecified atom stereocenters. The molecule has 40 heavy (non-hydrogen) atoms. The first kappa shape index (κ1) is 26.7. The van der Waals surface area contributed by atoms with Crippen LogP contribution >= 0.6 is 0 Å². The van der Waals surface area contributed by atoms with Crippen LogP contribution in [0.15, 0.2) is 48.8 Å². The SMILES string of the molecule is Cc1cc(Nc2ncnc3cc(OC4CCOC4)c(NC(=O)/C=C/CN4CC5(CCCCC5)C4)cc23)ccc1F. The van der Waals surface area contributed by atoms with Crippen molar-refractivity contribution in [2.45, 2.75) is 51.6 Å². The Labute approximate surface area is 234 Å². The van der Waals surface area contributed by atoms with Gasteiger partial charge in [-0.1, -0.05) is 25.3 Å². The van der Waals surface area contributed by atoms with Gasteiger partial charge < -0.3 is 20.1 Å². The van der Waals surface area contributed by atoms with E-state index in [1.807, 2.05) is 18.2 Å². The predicted molar refractivity (Wildman–Crippen MR) is 154 cm³/mol. The fourth-order valence-electron chi connectivity index (χ4n) is 6.16. The molecule has 0 radical (unpaired) electrons. The zero-order valence-corrected chi connectivity index (χ0v) is 22.9. The summed E-state index contributed by atoms with van der Waals surface area (Å²) >= 11 is 0. The molecule has 2 aromatic carbocycles. The van der Waals surface area contributed by atoms with E-state index in [1.54, 1.807) is 25.1 Å². The van der Waals surface area contributed by atoms with Gasteiger partial charge in [-0.05, 0) is 55.0 Å². The Morgan fingerprint density at radius 3 is 2.83 bits per heavy atom. The summed E-state index contributed by atoms with van der Waals surface area (Å²) < 4.78 is 25.5. The van der Waals surface area contributed by atoms with Crippen molar-refractivity contribution in [2.75, 3.05) is 43.5 Å². The van der Waals surface area contributed by atoms with Crippen LogP contribution in [0.25, 0.3) is 10.9 Å². The van der Waals surface area contributed by atoms with Gasteiger partial charge in [0.2, 0.25) is 5.91 Å². The molecule has 1 aromatic heterocycles. The van der Waals surface area contributed by atoms with Crippen LogP contribution in [0.2, 0.25) is 0 Å². The molecule has 6 rings (SSSR count). The molecule has 210 valence electrons. The van der Waals surface area contributed by atoms with Gasteiger partial charge in [-0.15, -0.1) is 0 Å². The van der Waals surface area contributed by atoms with Crippen molar-refractivity contribution in [1.29, 1.82) is 0 Å². The van der Waals surface area contributed by atoms with Crippen molar-refractivity contribution >= 4 is 34.0 Å². The van der Waals surface area contributed by atoms with Crippen molar-refractivity contribution < 1.29 is 18.7 Å². The molecule has 8 nitrogen and oxygen atoms in total. The number of anilines is 3. The zero-order chi connectivity index (χ0) is 27.5.